The lowest BCUT2D eigenvalue weighted by Gasteiger charge is -2.07. The van der Waals surface area contributed by atoms with Crippen molar-refractivity contribution in [1.82, 2.24) is 15.1 Å². The molecule has 1 N–H and O–H groups in total. The number of aromatic nitrogens is 2. The fourth-order valence-electron chi connectivity index (χ4n) is 3.34. The second-order valence-corrected chi connectivity index (χ2v) is 6.03. The van der Waals surface area contributed by atoms with Crippen molar-refractivity contribution in [3.63, 3.8) is 0 Å². The summed E-state index contributed by atoms with van der Waals surface area (Å²) in [6.07, 6.45) is 2.09. The fraction of sp³-hybridized carbons (Fsp3) is 0.250. The van der Waals surface area contributed by atoms with Crippen molar-refractivity contribution in [2.45, 2.75) is 19.4 Å². The van der Waals surface area contributed by atoms with Gasteiger partial charge in [0.25, 0.3) is 0 Å². The van der Waals surface area contributed by atoms with Gasteiger partial charge in [0.15, 0.2) is 0 Å². The Balaban J connectivity index is 1.78. The zero-order valence-electron chi connectivity index (χ0n) is 13.2. The van der Waals surface area contributed by atoms with E-state index >= 15 is 0 Å². The zero-order valence-corrected chi connectivity index (χ0v) is 13.2. The molecular formula is C20H21N3. The molecule has 0 unspecified atom stereocenters. The van der Waals surface area contributed by atoms with Crippen LogP contribution >= 0.6 is 0 Å². The molecule has 23 heavy (non-hydrogen) atoms. The topological polar surface area (TPSA) is 29.9 Å². The number of benzene rings is 2. The Morgan fingerprint density at radius 3 is 2.35 bits per heavy atom. The van der Waals surface area contributed by atoms with Gasteiger partial charge in [0.05, 0.1) is 12.2 Å². The van der Waals surface area contributed by atoms with Crippen molar-refractivity contribution in [3.05, 3.63) is 77.5 Å². The van der Waals surface area contributed by atoms with Crippen LogP contribution in [0.3, 0.4) is 0 Å². The Labute approximate surface area is 137 Å². The standard InChI is InChI=1S/C20H21N3/c1-3-7-16(8-4-1)15-23-19-12-14-21-13-11-18(19)20(22-23)17-9-5-2-6-10-17/h1-10,21H,11-15H2. The second-order valence-electron chi connectivity index (χ2n) is 6.03. The smallest absolute Gasteiger partial charge is 0.0958 e. The fourth-order valence-corrected chi connectivity index (χ4v) is 3.34. The van der Waals surface area contributed by atoms with Gasteiger partial charge in [0, 0.05) is 29.8 Å². The summed E-state index contributed by atoms with van der Waals surface area (Å²) in [5.41, 5.74) is 6.47. The maximum Gasteiger partial charge on any atom is 0.0958 e. The largest absolute Gasteiger partial charge is 0.316 e. The molecule has 1 aliphatic heterocycles. The molecule has 2 heterocycles. The van der Waals surface area contributed by atoms with Crippen molar-refractivity contribution in [2.75, 3.05) is 13.1 Å². The summed E-state index contributed by atoms with van der Waals surface area (Å²) >= 11 is 0. The van der Waals surface area contributed by atoms with Gasteiger partial charge >= 0.3 is 0 Å². The van der Waals surface area contributed by atoms with Crippen molar-refractivity contribution in [3.8, 4) is 11.3 Å². The van der Waals surface area contributed by atoms with Gasteiger partial charge in [-0.2, -0.15) is 5.10 Å². The molecule has 0 bridgehead atoms. The SMILES string of the molecule is c1ccc(Cn2nc(-c3ccccc3)c3c2CCNCC3)cc1. The third kappa shape index (κ3) is 2.92. The van der Waals surface area contributed by atoms with Crippen LogP contribution in [0.4, 0.5) is 0 Å². The number of hydrogen-bond acceptors (Lipinski definition) is 2. The third-order valence-corrected chi connectivity index (χ3v) is 4.48. The normalized spacial score (nSPS) is 14.3. The van der Waals surface area contributed by atoms with E-state index in [1.54, 1.807) is 0 Å². The summed E-state index contributed by atoms with van der Waals surface area (Å²) in [7, 11) is 0. The van der Waals surface area contributed by atoms with Crippen molar-refractivity contribution in [2.24, 2.45) is 0 Å². The molecule has 0 spiro atoms. The van der Waals surface area contributed by atoms with Crippen LogP contribution < -0.4 is 5.32 Å². The summed E-state index contributed by atoms with van der Waals surface area (Å²) in [4.78, 5) is 0. The molecule has 3 heteroatoms. The van der Waals surface area contributed by atoms with Crippen molar-refractivity contribution in [1.29, 1.82) is 0 Å². The quantitative estimate of drug-likeness (QED) is 0.804. The molecule has 1 aliphatic rings. The van der Waals surface area contributed by atoms with Crippen LogP contribution in [0, 0.1) is 0 Å². The van der Waals surface area contributed by atoms with E-state index in [9.17, 15) is 0 Å². The molecule has 3 nitrogen and oxygen atoms in total. The molecule has 1 aromatic heterocycles. The number of nitrogens with zero attached hydrogens (tertiary/aromatic N) is 2. The molecule has 0 saturated heterocycles. The first-order valence-electron chi connectivity index (χ1n) is 8.30. The van der Waals surface area contributed by atoms with Gasteiger partial charge in [-0.1, -0.05) is 60.7 Å². The Hall–Kier alpha value is -2.39. The molecule has 0 aliphatic carbocycles. The summed E-state index contributed by atoms with van der Waals surface area (Å²) in [5, 5.41) is 8.50. The highest BCUT2D eigenvalue weighted by atomic mass is 15.3. The van der Waals surface area contributed by atoms with Gasteiger partial charge in [-0.05, 0) is 18.5 Å². The Morgan fingerprint density at radius 2 is 1.57 bits per heavy atom. The highest BCUT2D eigenvalue weighted by Gasteiger charge is 2.20. The minimum absolute atomic E-state index is 0.843. The van der Waals surface area contributed by atoms with E-state index in [1.165, 1.54) is 22.4 Å². The summed E-state index contributed by atoms with van der Waals surface area (Å²) in [5.74, 6) is 0. The average Bonchev–Trinajstić information content (AvgIpc) is 2.79. The summed E-state index contributed by atoms with van der Waals surface area (Å²) < 4.78 is 2.21. The van der Waals surface area contributed by atoms with E-state index in [0.717, 1.165) is 38.2 Å². The number of rotatable bonds is 3. The molecule has 0 amide bonds. The van der Waals surface area contributed by atoms with Crippen LogP contribution in [0.25, 0.3) is 11.3 Å². The van der Waals surface area contributed by atoms with Crippen LogP contribution in [-0.4, -0.2) is 22.9 Å². The van der Waals surface area contributed by atoms with Crippen molar-refractivity contribution >= 4 is 0 Å². The second kappa shape index (κ2) is 6.39. The van der Waals surface area contributed by atoms with E-state index in [0.29, 0.717) is 0 Å². The van der Waals surface area contributed by atoms with Crippen LogP contribution in [0.15, 0.2) is 60.7 Å². The average molecular weight is 303 g/mol. The van der Waals surface area contributed by atoms with Gasteiger partial charge in [-0.3, -0.25) is 4.68 Å². The van der Waals surface area contributed by atoms with Crippen LogP contribution in [0.2, 0.25) is 0 Å². The highest BCUT2D eigenvalue weighted by Crippen LogP contribution is 2.27. The molecule has 2 aromatic carbocycles. The lowest BCUT2D eigenvalue weighted by Crippen LogP contribution is -2.17. The zero-order chi connectivity index (χ0) is 15.5. The van der Waals surface area contributed by atoms with Gasteiger partial charge in [0.2, 0.25) is 0 Å². The minimum Gasteiger partial charge on any atom is -0.316 e. The van der Waals surface area contributed by atoms with Gasteiger partial charge in [-0.15, -0.1) is 0 Å². The predicted octanol–water partition coefficient (Wildman–Crippen LogP) is 3.29. The third-order valence-electron chi connectivity index (χ3n) is 4.48. The number of hydrogen-bond donors (Lipinski definition) is 1. The van der Waals surface area contributed by atoms with E-state index < -0.39 is 0 Å². The van der Waals surface area contributed by atoms with E-state index in [1.807, 2.05) is 0 Å². The lowest BCUT2D eigenvalue weighted by atomic mass is 10.0. The number of nitrogens with one attached hydrogen (secondary N) is 1. The molecule has 116 valence electrons. The first-order valence-corrected chi connectivity index (χ1v) is 8.30. The first kappa shape index (κ1) is 14.2. The van der Waals surface area contributed by atoms with Crippen LogP contribution in [-0.2, 0) is 19.4 Å². The van der Waals surface area contributed by atoms with Crippen LogP contribution in [0.5, 0.6) is 0 Å². The van der Waals surface area contributed by atoms with E-state index in [4.69, 9.17) is 5.10 Å². The first-order chi connectivity index (χ1) is 11.4. The molecular weight excluding hydrogens is 282 g/mol. The van der Waals surface area contributed by atoms with Gasteiger partial charge in [-0.25, -0.2) is 0 Å². The highest BCUT2D eigenvalue weighted by molar-refractivity contribution is 5.64. The maximum atomic E-state index is 4.99. The Bertz CT molecular complexity index is 775. The summed E-state index contributed by atoms with van der Waals surface area (Å²) in [6.45, 7) is 2.90. The molecule has 0 saturated carbocycles. The predicted molar refractivity (Wildman–Crippen MR) is 93.5 cm³/mol. The van der Waals surface area contributed by atoms with Gasteiger partial charge < -0.3 is 5.32 Å². The number of fused-ring (bicyclic) bond motifs is 1. The minimum atomic E-state index is 0.843. The summed E-state index contributed by atoms with van der Waals surface area (Å²) in [6, 6.07) is 21.2. The lowest BCUT2D eigenvalue weighted by molar-refractivity contribution is 0.628. The molecule has 0 radical (unpaired) electrons. The molecule has 3 aromatic rings. The molecule has 0 fully saturated rings. The van der Waals surface area contributed by atoms with E-state index in [2.05, 4.69) is 70.7 Å². The van der Waals surface area contributed by atoms with E-state index in [-0.39, 0.29) is 0 Å². The Kier molecular flexibility index (Phi) is 3.95. The Morgan fingerprint density at radius 1 is 0.870 bits per heavy atom. The maximum absolute atomic E-state index is 4.99. The molecule has 0 atom stereocenters. The monoisotopic (exact) mass is 303 g/mol. The molecule has 4 rings (SSSR count). The van der Waals surface area contributed by atoms with Gasteiger partial charge in [0.1, 0.15) is 0 Å². The van der Waals surface area contributed by atoms with Crippen LogP contribution in [0.1, 0.15) is 16.8 Å². The van der Waals surface area contributed by atoms with Crippen molar-refractivity contribution < 1.29 is 0 Å².